The molecule has 0 bridgehead atoms. The maximum absolute atomic E-state index is 13.3. The van der Waals surface area contributed by atoms with Gasteiger partial charge in [-0.1, -0.05) is 42.1 Å². The largest absolute Gasteiger partial charge is 0.497 e. The molecule has 4 aromatic rings. The van der Waals surface area contributed by atoms with Gasteiger partial charge < -0.3 is 9.15 Å². The quantitative estimate of drug-likeness (QED) is 0.358. The minimum absolute atomic E-state index is 0.145. The highest BCUT2D eigenvalue weighted by molar-refractivity contribution is 7.99. The lowest BCUT2D eigenvalue weighted by molar-refractivity contribution is -0.130. The number of thioether (sulfide) groups is 1. The van der Waals surface area contributed by atoms with Gasteiger partial charge in [0.25, 0.3) is 5.91 Å². The number of methoxy groups -OCH3 is 1. The van der Waals surface area contributed by atoms with Crippen LogP contribution in [0.15, 0.2) is 87.7 Å². The molecule has 0 aliphatic carbocycles. The van der Waals surface area contributed by atoms with E-state index in [1.54, 1.807) is 18.1 Å². The number of ether oxygens (including phenoxy) is 1. The van der Waals surface area contributed by atoms with Gasteiger partial charge in [-0.05, 0) is 58.0 Å². The van der Waals surface area contributed by atoms with E-state index < -0.39 is 0 Å². The predicted octanol–water partition coefficient (Wildman–Crippen LogP) is 3.79. The zero-order chi connectivity index (χ0) is 23.3. The van der Waals surface area contributed by atoms with Gasteiger partial charge in [-0.2, -0.15) is 5.10 Å². The molecule has 0 N–H and O–H groups in total. The average Bonchev–Trinajstić information content (AvgIpc) is 3.64. The summed E-state index contributed by atoms with van der Waals surface area (Å²) in [6, 6.07) is 20.9. The van der Waals surface area contributed by atoms with E-state index in [9.17, 15) is 4.79 Å². The number of nitrogens with zero attached hydrogens (tertiary/aromatic N) is 6. The van der Waals surface area contributed by atoms with Gasteiger partial charge in [0.2, 0.25) is 5.16 Å². The zero-order valence-electron chi connectivity index (χ0n) is 18.4. The molecule has 1 amide bonds. The SMILES string of the molecule is COc1ccc(C2=NN(C(=O)CSc3nnnn3Cc3ccccc3)[C@H](c3ccco3)C2)cc1. The second kappa shape index (κ2) is 9.92. The number of carbonyl (C=O) groups excluding carboxylic acids is 1. The molecule has 0 fully saturated rings. The Balaban J connectivity index is 1.32. The molecule has 0 unspecified atom stereocenters. The molecule has 10 heteroatoms. The van der Waals surface area contributed by atoms with E-state index in [1.165, 1.54) is 16.8 Å². The Bertz CT molecular complexity index is 1270. The molecule has 2 aromatic carbocycles. The molecule has 0 saturated carbocycles. The molecule has 0 radical (unpaired) electrons. The topological polar surface area (TPSA) is 98.6 Å². The Morgan fingerprint density at radius 1 is 1.12 bits per heavy atom. The maximum Gasteiger partial charge on any atom is 0.253 e. The average molecular weight is 475 g/mol. The summed E-state index contributed by atoms with van der Waals surface area (Å²) in [6.45, 7) is 0.531. The van der Waals surface area contributed by atoms with Crippen LogP contribution in [0.5, 0.6) is 5.75 Å². The Kier molecular flexibility index (Phi) is 6.39. The van der Waals surface area contributed by atoms with Crippen LogP contribution in [-0.2, 0) is 11.3 Å². The van der Waals surface area contributed by atoms with Gasteiger partial charge in [0.05, 0.1) is 31.4 Å². The second-order valence-corrected chi connectivity index (χ2v) is 8.58. The van der Waals surface area contributed by atoms with E-state index in [1.807, 2.05) is 66.7 Å². The van der Waals surface area contributed by atoms with E-state index >= 15 is 0 Å². The minimum Gasteiger partial charge on any atom is -0.497 e. The first kappa shape index (κ1) is 21.9. The number of rotatable bonds is 8. The van der Waals surface area contributed by atoms with Crippen LogP contribution in [0, 0.1) is 0 Å². The Morgan fingerprint density at radius 3 is 2.68 bits per heavy atom. The number of carbonyl (C=O) groups is 1. The van der Waals surface area contributed by atoms with E-state index in [4.69, 9.17) is 9.15 Å². The number of hydrazone groups is 1. The van der Waals surface area contributed by atoms with Crippen LogP contribution in [0.2, 0.25) is 0 Å². The molecule has 0 saturated heterocycles. The molecule has 34 heavy (non-hydrogen) atoms. The fraction of sp³-hybridized carbons (Fsp3) is 0.208. The summed E-state index contributed by atoms with van der Waals surface area (Å²) in [4.78, 5) is 13.3. The Labute approximate surface area is 200 Å². The minimum atomic E-state index is -0.305. The van der Waals surface area contributed by atoms with Crippen molar-refractivity contribution in [2.45, 2.75) is 24.2 Å². The van der Waals surface area contributed by atoms with Crippen molar-refractivity contribution < 1.29 is 13.9 Å². The van der Waals surface area contributed by atoms with Crippen LogP contribution >= 0.6 is 11.8 Å². The van der Waals surface area contributed by atoms with E-state index in [0.717, 1.165) is 22.6 Å². The fourth-order valence-electron chi connectivity index (χ4n) is 3.75. The lowest BCUT2D eigenvalue weighted by Crippen LogP contribution is -2.28. The number of aromatic nitrogens is 4. The van der Waals surface area contributed by atoms with Crippen molar-refractivity contribution in [2.24, 2.45) is 5.10 Å². The lowest BCUT2D eigenvalue weighted by Gasteiger charge is -2.19. The van der Waals surface area contributed by atoms with Crippen LogP contribution in [0.1, 0.15) is 29.3 Å². The molecule has 0 spiro atoms. The first-order valence-corrected chi connectivity index (χ1v) is 11.7. The van der Waals surface area contributed by atoms with E-state index in [-0.39, 0.29) is 17.7 Å². The van der Waals surface area contributed by atoms with Gasteiger partial charge in [0.1, 0.15) is 17.6 Å². The monoisotopic (exact) mass is 474 g/mol. The summed E-state index contributed by atoms with van der Waals surface area (Å²) in [5.74, 6) is 1.46. The number of furan rings is 1. The van der Waals surface area contributed by atoms with Gasteiger partial charge in [0, 0.05) is 6.42 Å². The van der Waals surface area contributed by atoms with Gasteiger partial charge in [-0.3, -0.25) is 4.79 Å². The highest BCUT2D eigenvalue weighted by Gasteiger charge is 2.35. The molecule has 172 valence electrons. The molecule has 2 aromatic heterocycles. The fourth-order valence-corrected chi connectivity index (χ4v) is 4.48. The number of amides is 1. The van der Waals surface area contributed by atoms with Gasteiger partial charge in [-0.25, -0.2) is 9.69 Å². The number of tetrazole rings is 1. The number of hydrogen-bond acceptors (Lipinski definition) is 8. The molecular weight excluding hydrogens is 452 g/mol. The zero-order valence-corrected chi connectivity index (χ0v) is 19.3. The third kappa shape index (κ3) is 4.72. The van der Waals surface area contributed by atoms with Crippen molar-refractivity contribution in [3.8, 4) is 5.75 Å². The van der Waals surface area contributed by atoms with Crippen LogP contribution in [0.3, 0.4) is 0 Å². The first-order valence-electron chi connectivity index (χ1n) is 10.7. The maximum atomic E-state index is 13.3. The third-order valence-electron chi connectivity index (χ3n) is 5.46. The van der Waals surface area contributed by atoms with Crippen LogP contribution < -0.4 is 4.74 Å². The van der Waals surface area contributed by atoms with E-state index in [0.29, 0.717) is 23.9 Å². The molecule has 5 rings (SSSR count). The number of hydrogen-bond donors (Lipinski definition) is 0. The molecule has 1 aliphatic heterocycles. The summed E-state index contributed by atoms with van der Waals surface area (Å²) in [5, 5.41) is 18.7. The Hall–Kier alpha value is -3.92. The van der Waals surface area contributed by atoms with Crippen LogP contribution in [-0.4, -0.2) is 49.7 Å². The van der Waals surface area contributed by atoms with Crippen LogP contribution in [0.4, 0.5) is 0 Å². The van der Waals surface area contributed by atoms with Crippen LogP contribution in [0.25, 0.3) is 0 Å². The van der Waals surface area contributed by atoms with Crippen molar-refractivity contribution >= 4 is 23.4 Å². The molecule has 1 atom stereocenters. The van der Waals surface area contributed by atoms with Gasteiger partial charge in [0.15, 0.2) is 0 Å². The summed E-state index contributed by atoms with van der Waals surface area (Å²) in [5.41, 5.74) is 2.83. The molecular formula is C24H22N6O3S. The Morgan fingerprint density at radius 2 is 1.94 bits per heavy atom. The van der Waals surface area contributed by atoms with Crippen molar-refractivity contribution in [1.82, 2.24) is 25.2 Å². The summed E-state index contributed by atoms with van der Waals surface area (Å²) < 4.78 is 12.6. The number of benzene rings is 2. The normalized spacial score (nSPS) is 15.4. The predicted molar refractivity (Wildman–Crippen MR) is 127 cm³/mol. The van der Waals surface area contributed by atoms with Gasteiger partial charge >= 0.3 is 0 Å². The van der Waals surface area contributed by atoms with Crippen molar-refractivity contribution in [1.29, 1.82) is 0 Å². The molecule has 3 heterocycles. The van der Waals surface area contributed by atoms with Crippen molar-refractivity contribution in [2.75, 3.05) is 12.9 Å². The smallest absolute Gasteiger partial charge is 0.253 e. The highest BCUT2D eigenvalue weighted by atomic mass is 32.2. The van der Waals surface area contributed by atoms with Gasteiger partial charge in [-0.15, -0.1) is 5.10 Å². The first-order chi connectivity index (χ1) is 16.7. The standard InChI is InChI=1S/C24H22N6O3S/c1-32-19-11-9-18(10-12-19)20-14-21(22-8-5-13-33-22)30(26-20)23(31)16-34-24-25-27-28-29(24)15-17-6-3-2-4-7-17/h2-13,21H,14-16H2,1H3/t21-/m0/s1. The molecule has 9 nitrogen and oxygen atoms in total. The highest BCUT2D eigenvalue weighted by Crippen LogP contribution is 2.34. The third-order valence-corrected chi connectivity index (χ3v) is 6.40. The summed E-state index contributed by atoms with van der Waals surface area (Å²) in [7, 11) is 1.63. The van der Waals surface area contributed by atoms with Crippen molar-refractivity contribution in [3.05, 3.63) is 89.9 Å². The molecule has 1 aliphatic rings. The van der Waals surface area contributed by atoms with Crippen molar-refractivity contribution in [3.63, 3.8) is 0 Å². The summed E-state index contributed by atoms with van der Waals surface area (Å²) >= 11 is 1.29. The lowest BCUT2D eigenvalue weighted by atomic mass is 10.0. The summed E-state index contributed by atoms with van der Waals surface area (Å²) in [6.07, 6.45) is 2.16. The second-order valence-electron chi connectivity index (χ2n) is 7.64. The van der Waals surface area contributed by atoms with E-state index in [2.05, 4.69) is 20.6 Å².